The highest BCUT2D eigenvalue weighted by Gasteiger charge is 2.05. The Kier molecular flexibility index (Phi) is 5.56. The lowest BCUT2D eigenvalue weighted by Crippen LogP contribution is -2.29. The van der Waals surface area contributed by atoms with Gasteiger partial charge in [-0.15, -0.1) is 11.3 Å². The zero-order valence-corrected chi connectivity index (χ0v) is 13.2. The van der Waals surface area contributed by atoms with E-state index < -0.39 is 0 Å². The minimum absolute atomic E-state index is 0.175. The highest BCUT2D eigenvalue weighted by Crippen LogP contribution is 2.25. The molecule has 3 nitrogen and oxygen atoms in total. The average molecular weight is 290 g/mol. The van der Waals surface area contributed by atoms with Gasteiger partial charge in [0, 0.05) is 23.2 Å². The molecular weight excluding hydrogens is 268 g/mol. The molecule has 1 N–H and O–H groups in total. The number of rotatable bonds is 7. The van der Waals surface area contributed by atoms with Crippen LogP contribution in [-0.2, 0) is 0 Å². The van der Waals surface area contributed by atoms with Crippen LogP contribution in [0.15, 0.2) is 29.6 Å². The Bertz CT molecular complexity index is 522. The van der Waals surface area contributed by atoms with Gasteiger partial charge in [-0.05, 0) is 51.1 Å². The van der Waals surface area contributed by atoms with Crippen molar-refractivity contribution in [1.29, 1.82) is 0 Å². The molecule has 4 heteroatoms. The first-order valence-corrected chi connectivity index (χ1v) is 7.97. The molecule has 1 aromatic carbocycles. The summed E-state index contributed by atoms with van der Waals surface area (Å²) in [6, 6.07) is 8.17. The number of aryl methyl sites for hydroxylation is 1. The number of benzene rings is 1. The van der Waals surface area contributed by atoms with Gasteiger partial charge in [-0.25, -0.2) is 4.98 Å². The number of hydrogen-bond acceptors (Lipinski definition) is 4. The van der Waals surface area contributed by atoms with Crippen LogP contribution in [0.4, 0.5) is 0 Å². The van der Waals surface area contributed by atoms with Crippen LogP contribution in [0.25, 0.3) is 10.6 Å². The van der Waals surface area contributed by atoms with Crippen LogP contribution in [0.1, 0.15) is 26.0 Å². The lowest BCUT2D eigenvalue weighted by Gasteiger charge is -2.15. The van der Waals surface area contributed by atoms with E-state index in [1.807, 2.05) is 19.1 Å². The number of nitrogens with zero attached hydrogens (tertiary/aromatic N) is 1. The van der Waals surface area contributed by atoms with Gasteiger partial charge in [-0.2, -0.15) is 0 Å². The number of nitrogens with one attached hydrogen (secondary N) is 1. The summed E-state index contributed by atoms with van der Waals surface area (Å²) in [4.78, 5) is 4.49. The van der Waals surface area contributed by atoms with Crippen LogP contribution >= 0.6 is 11.3 Å². The Labute approximate surface area is 125 Å². The Morgan fingerprint density at radius 3 is 2.65 bits per heavy atom. The van der Waals surface area contributed by atoms with Gasteiger partial charge in [-0.1, -0.05) is 6.92 Å². The molecule has 0 aliphatic rings. The largest absolute Gasteiger partial charge is 0.489 e. The first-order chi connectivity index (χ1) is 9.69. The van der Waals surface area contributed by atoms with Crippen LogP contribution < -0.4 is 10.1 Å². The smallest absolute Gasteiger partial charge is 0.123 e. The van der Waals surface area contributed by atoms with E-state index in [1.54, 1.807) is 11.3 Å². The van der Waals surface area contributed by atoms with E-state index >= 15 is 0 Å². The third-order valence-electron chi connectivity index (χ3n) is 2.92. The first-order valence-electron chi connectivity index (χ1n) is 7.09. The molecule has 1 aromatic heterocycles. The summed E-state index contributed by atoms with van der Waals surface area (Å²) < 4.78 is 5.88. The monoisotopic (exact) mass is 290 g/mol. The molecule has 0 spiro atoms. The molecule has 0 radical (unpaired) electrons. The summed E-state index contributed by atoms with van der Waals surface area (Å²) in [5.41, 5.74) is 2.22. The van der Waals surface area contributed by atoms with Crippen molar-refractivity contribution < 1.29 is 4.74 Å². The predicted molar refractivity (Wildman–Crippen MR) is 85.5 cm³/mol. The summed E-state index contributed by atoms with van der Waals surface area (Å²) in [5.74, 6) is 0.910. The number of hydrogen-bond donors (Lipinski definition) is 1. The Morgan fingerprint density at radius 2 is 2.05 bits per heavy atom. The van der Waals surface area contributed by atoms with E-state index in [4.69, 9.17) is 4.74 Å². The van der Waals surface area contributed by atoms with Crippen molar-refractivity contribution in [1.82, 2.24) is 10.3 Å². The summed E-state index contributed by atoms with van der Waals surface area (Å²) in [5, 5.41) is 6.49. The van der Waals surface area contributed by atoms with Crippen LogP contribution in [-0.4, -0.2) is 24.2 Å². The maximum absolute atomic E-state index is 5.88. The van der Waals surface area contributed by atoms with Crippen molar-refractivity contribution in [3.63, 3.8) is 0 Å². The second-order valence-corrected chi connectivity index (χ2v) is 5.81. The Balaban J connectivity index is 1.91. The molecule has 0 bridgehead atoms. The molecule has 108 valence electrons. The second-order valence-electron chi connectivity index (χ2n) is 4.95. The Morgan fingerprint density at radius 1 is 1.30 bits per heavy atom. The number of ether oxygens (including phenoxy) is 1. The average Bonchev–Trinajstić information content (AvgIpc) is 2.86. The maximum Gasteiger partial charge on any atom is 0.123 e. The van der Waals surface area contributed by atoms with Gasteiger partial charge in [0.1, 0.15) is 16.9 Å². The molecule has 1 heterocycles. The molecule has 2 aromatic rings. The lowest BCUT2D eigenvalue weighted by atomic mass is 10.2. The quantitative estimate of drug-likeness (QED) is 0.786. The molecular formula is C16H22N2OS. The molecule has 0 saturated carbocycles. The fourth-order valence-corrected chi connectivity index (χ4v) is 2.72. The molecule has 20 heavy (non-hydrogen) atoms. The molecule has 1 unspecified atom stereocenters. The summed E-state index contributed by atoms with van der Waals surface area (Å²) in [6.07, 6.45) is 1.32. The summed E-state index contributed by atoms with van der Waals surface area (Å²) >= 11 is 1.67. The molecule has 1 atom stereocenters. The number of aromatic nitrogens is 1. The highest BCUT2D eigenvalue weighted by atomic mass is 32.1. The molecule has 2 rings (SSSR count). The standard InChI is InChI=1S/C16H22N2OS/c1-4-9-17-10-13(3)19-15-7-5-14(6-8-15)16-18-12(2)11-20-16/h5-8,11,13,17H,4,9-10H2,1-3H3. The maximum atomic E-state index is 5.88. The first kappa shape index (κ1) is 15.0. The van der Waals surface area contributed by atoms with Crippen molar-refractivity contribution >= 4 is 11.3 Å². The van der Waals surface area contributed by atoms with Crippen molar-refractivity contribution in [2.45, 2.75) is 33.3 Å². The molecule has 0 saturated heterocycles. The van der Waals surface area contributed by atoms with Gasteiger partial charge in [-0.3, -0.25) is 0 Å². The minimum atomic E-state index is 0.175. The zero-order chi connectivity index (χ0) is 14.4. The normalized spacial score (nSPS) is 12.3. The van der Waals surface area contributed by atoms with Crippen LogP contribution in [0.2, 0.25) is 0 Å². The van der Waals surface area contributed by atoms with Crippen LogP contribution in [0, 0.1) is 6.92 Å². The van der Waals surface area contributed by atoms with Gasteiger partial charge in [0.05, 0.1) is 0 Å². The third kappa shape index (κ3) is 4.32. The number of thiazole rings is 1. The van der Waals surface area contributed by atoms with Gasteiger partial charge < -0.3 is 10.1 Å². The molecule has 0 fully saturated rings. The van der Waals surface area contributed by atoms with Gasteiger partial charge in [0.15, 0.2) is 0 Å². The van der Waals surface area contributed by atoms with Gasteiger partial charge >= 0.3 is 0 Å². The lowest BCUT2D eigenvalue weighted by molar-refractivity contribution is 0.217. The SMILES string of the molecule is CCCNCC(C)Oc1ccc(-c2nc(C)cs2)cc1. The van der Waals surface area contributed by atoms with Crippen molar-refractivity contribution in [3.05, 3.63) is 35.3 Å². The molecule has 0 aliphatic carbocycles. The van der Waals surface area contributed by atoms with Crippen molar-refractivity contribution in [2.75, 3.05) is 13.1 Å². The van der Waals surface area contributed by atoms with E-state index in [9.17, 15) is 0 Å². The topological polar surface area (TPSA) is 34.1 Å². The zero-order valence-electron chi connectivity index (χ0n) is 12.3. The second kappa shape index (κ2) is 7.41. The van der Waals surface area contributed by atoms with Gasteiger partial charge in [0.2, 0.25) is 0 Å². The Hall–Kier alpha value is -1.39. The van der Waals surface area contributed by atoms with Gasteiger partial charge in [0.25, 0.3) is 0 Å². The molecule has 0 amide bonds. The van der Waals surface area contributed by atoms with Crippen LogP contribution in [0.3, 0.4) is 0 Å². The summed E-state index contributed by atoms with van der Waals surface area (Å²) in [7, 11) is 0. The van der Waals surface area contributed by atoms with E-state index in [2.05, 4.69) is 41.7 Å². The third-order valence-corrected chi connectivity index (χ3v) is 3.93. The van der Waals surface area contributed by atoms with Crippen LogP contribution in [0.5, 0.6) is 5.75 Å². The minimum Gasteiger partial charge on any atom is -0.489 e. The van der Waals surface area contributed by atoms with E-state index in [-0.39, 0.29) is 6.10 Å². The van der Waals surface area contributed by atoms with E-state index in [0.29, 0.717) is 0 Å². The molecule has 0 aliphatic heterocycles. The predicted octanol–water partition coefficient (Wildman–Crippen LogP) is 3.89. The highest BCUT2D eigenvalue weighted by molar-refractivity contribution is 7.13. The summed E-state index contributed by atoms with van der Waals surface area (Å²) in [6.45, 7) is 8.18. The van der Waals surface area contributed by atoms with Crippen molar-refractivity contribution in [2.24, 2.45) is 0 Å². The fourth-order valence-electron chi connectivity index (χ4n) is 1.92. The van der Waals surface area contributed by atoms with E-state index in [0.717, 1.165) is 41.5 Å². The van der Waals surface area contributed by atoms with Crippen molar-refractivity contribution in [3.8, 4) is 16.3 Å². The fraction of sp³-hybridized carbons (Fsp3) is 0.438. The van der Waals surface area contributed by atoms with E-state index in [1.165, 1.54) is 0 Å².